The van der Waals surface area contributed by atoms with Crippen LogP contribution >= 0.6 is 0 Å². The summed E-state index contributed by atoms with van der Waals surface area (Å²) in [5.41, 5.74) is 0. The summed E-state index contributed by atoms with van der Waals surface area (Å²) in [6.45, 7) is 0. The quantitative estimate of drug-likeness (QED) is 0.168. The van der Waals surface area contributed by atoms with Crippen molar-refractivity contribution in [2.75, 3.05) is 0 Å². The highest BCUT2D eigenvalue weighted by Gasteiger charge is 2.59. The van der Waals surface area contributed by atoms with Gasteiger partial charge in [0.2, 0.25) is 6.43 Å². The van der Waals surface area contributed by atoms with E-state index in [0.29, 0.717) is 0 Å². The van der Waals surface area contributed by atoms with Crippen LogP contribution in [-0.2, 0) is 4.79 Å². The molecule has 0 atom stereocenters. The molecule has 228 valence electrons. The van der Waals surface area contributed by atoms with Crippen molar-refractivity contribution in [1.82, 2.24) is 0 Å². The molecule has 0 amide bonds. The Kier molecular flexibility index (Phi) is 10.8. The van der Waals surface area contributed by atoms with Crippen LogP contribution in [0.3, 0.4) is 0 Å². The molecule has 20 heteroatoms. The second kappa shape index (κ2) is 11.4. The first-order chi connectivity index (χ1) is 16.3. The minimum atomic E-state index is -5.53. The third-order valence-corrected chi connectivity index (χ3v) is 4.35. The minimum Gasteiger partial charge on any atom is -0.477 e. The highest BCUT2D eigenvalue weighted by atomic mass is 19.3. The summed E-state index contributed by atoms with van der Waals surface area (Å²) in [5, 5.41) is 8.02. The number of carbonyl (C=O) groups is 1. The second-order valence-electron chi connectivity index (χ2n) is 8.83. The van der Waals surface area contributed by atoms with E-state index >= 15 is 0 Å². The SMILES string of the molecule is O=C(O)C(F)(F)CC(F)(F)CC(F)(F)CC(F)(F)CC(F)(F)CC(F)(F)CC(F)(F)CC(F)(F)CC(F)F. The number of carboxylic acids is 1. The molecule has 0 aromatic carbocycles. The van der Waals surface area contributed by atoms with E-state index in [2.05, 4.69) is 0 Å². The average molecular weight is 608 g/mol. The highest BCUT2D eigenvalue weighted by Crippen LogP contribution is 2.48. The fourth-order valence-electron chi connectivity index (χ4n) is 3.34. The van der Waals surface area contributed by atoms with Crippen molar-refractivity contribution in [3.05, 3.63) is 0 Å². The van der Waals surface area contributed by atoms with Crippen molar-refractivity contribution in [1.29, 1.82) is 0 Å². The van der Waals surface area contributed by atoms with Crippen LogP contribution < -0.4 is 0 Å². The number of alkyl halides is 18. The molecule has 0 radical (unpaired) electrons. The predicted octanol–water partition coefficient (Wildman–Crippen LogP) is 8.54. The molecule has 0 saturated carbocycles. The first kappa shape index (κ1) is 36.2. The van der Waals surface area contributed by atoms with Gasteiger partial charge in [-0.15, -0.1) is 0 Å². The van der Waals surface area contributed by atoms with Crippen LogP contribution in [0.2, 0.25) is 0 Å². The Balaban J connectivity index is 5.39. The first-order valence-corrected chi connectivity index (χ1v) is 9.85. The number of halogens is 18. The monoisotopic (exact) mass is 608 g/mol. The topological polar surface area (TPSA) is 37.3 Å². The van der Waals surface area contributed by atoms with Crippen LogP contribution in [0.15, 0.2) is 0 Å². The number of carboxylic acid groups (broad SMARTS) is 1. The second-order valence-corrected chi connectivity index (χ2v) is 8.83. The standard InChI is InChI=1S/C18H18F18O2/c19-9(20)1-11(21,22)2-12(23,24)3-13(25,26)4-14(27,28)5-15(29,30)6-16(31,32)7-17(33,34)8-18(35,36)10(37)38/h9H,1-8H2,(H,37,38). The summed E-state index contributed by atoms with van der Waals surface area (Å²) in [6.07, 6.45) is -28.7. The van der Waals surface area contributed by atoms with E-state index in [1.807, 2.05) is 0 Å². The molecule has 0 aromatic heterocycles. The molecule has 1 N–H and O–H groups in total. The summed E-state index contributed by atoms with van der Waals surface area (Å²) >= 11 is 0. The van der Waals surface area contributed by atoms with Crippen molar-refractivity contribution >= 4 is 5.97 Å². The van der Waals surface area contributed by atoms with Crippen LogP contribution in [0.4, 0.5) is 79.0 Å². The van der Waals surface area contributed by atoms with Gasteiger partial charge in [0.25, 0.3) is 41.5 Å². The Morgan fingerprint density at radius 1 is 0.447 bits per heavy atom. The average Bonchev–Trinajstić information content (AvgIpc) is 2.42. The lowest BCUT2D eigenvalue weighted by atomic mass is 9.93. The largest absolute Gasteiger partial charge is 0.477 e. The van der Waals surface area contributed by atoms with E-state index in [1.165, 1.54) is 0 Å². The molecule has 0 unspecified atom stereocenters. The molecule has 0 aliphatic carbocycles. The van der Waals surface area contributed by atoms with E-state index < -0.39 is 111 Å². The van der Waals surface area contributed by atoms with E-state index in [4.69, 9.17) is 5.11 Å². The Hall–Kier alpha value is -1.79. The third-order valence-electron chi connectivity index (χ3n) is 4.35. The molecule has 0 fully saturated rings. The molecular formula is C18H18F18O2. The van der Waals surface area contributed by atoms with Crippen molar-refractivity contribution in [3.63, 3.8) is 0 Å². The Labute approximate surface area is 201 Å². The van der Waals surface area contributed by atoms with Crippen LogP contribution in [0.5, 0.6) is 0 Å². The van der Waals surface area contributed by atoms with Gasteiger partial charge in [-0.05, 0) is 0 Å². The van der Waals surface area contributed by atoms with Gasteiger partial charge in [-0.2, -0.15) is 8.78 Å². The van der Waals surface area contributed by atoms with Gasteiger partial charge in [-0.3, -0.25) is 0 Å². The summed E-state index contributed by atoms with van der Waals surface area (Å²) in [5.74, 6) is -46.1. The van der Waals surface area contributed by atoms with Crippen LogP contribution in [0, 0.1) is 0 Å². The summed E-state index contributed by atoms with van der Waals surface area (Å²) in [7, 11) is 0. The first-order valence-electron chi connectivity index (χ1n) is 9.85. The molecule has 0 rings (SSSR count). The summed E-state index contributed by atoms with van der Waals surface area (Å²) < 4.78 is 239. The Morgan fingerprint density at radius 2 is 0.658 bits per heavy atom. The van der Waals surface area contributed by atoms with Crippen LogP contribution in [0.1, 0.15) is 51.4 Å². The van der Waals surface area contributed by atoms with E-state index in [9.17, 15) is 83.8 Å². The molecule has 0 spiro atoms. The zero-order valence-electron chi connectivity index (χ0n) is 18.4. The van der Waals surface area contributed by atoms with Crippen LogP contribution in [0.25, 0.3) is 0 Å². The Morgan fingerprint density at radius 3 is 0.868 bits per heavy atom. The molecular weight excluding hydrogens is 590 g/mol. The number of aliphatic carboxylic acids is 1. The molecule has 2 nitrogen and oxygen atoms in total. The number of hydrogen-bond donors (Lipinski definition) is 1. The number of hydrogen-bond acceptors (Lipinski definition) is 1. The molecule has 0 bridgehead atoms. The van der Waals surface area contributed by atoms with Crippen molar-refractivity contribution in [2.24, 2.45) is 0 Å². The fraction of sp³-hybridized carbons (Fsp3) is 0.944. The molecule has 0 heterocycles. The minimum absolute atomic E-state index is 2.52. The van der Waals surface area contributed by atoms with Gasteiger partial charge in [0.1, 0.15) is 0 Å². The molecule has 0 aromatic rings. The molecule has 38 heavy (non-hydrogen) atoms. The van der Waals surface area contributed by atoms with Crippen molar-refractivity contribution < 1.29 is 88.9 Å². The van der Waals surface area contributed by atoms with Crippen molar-refractivity contribution in [2.45, 2.75) is 105 Å². The lowest BCUT2D eigenvalue weighted by molar-refractivity contribution is -0.212. The molecule has 0 aliphatic heterocycles. The van der Waals surface area contributed by atoms with Gasteiger partial charge in [-0.25, -0.2) is 75.0 Å². The lowest BCUT2D eigenvalue weighted by Crippen LogP contribution is -2.43. The van der Waals surface area contributed by atoms with Crippen molar-refractivity contribution in [3.8, 4) is 0 Å². The maximum atomic E-state index is 13.7. The normalized spacial score (nSPS) is 15.3. The van der Waals surface area contributed by atoms with E-state index in [0.717, 1.165) is 0 Å². The van der Waals surface area contributed by atoms with E-state index in [-0.39, 0.29) is 0 Å². The maximum absolute atomic E-state index is 13.7. The van der Waals surface area contributed by atoms with Gasteiger partial charge in [0, 0.05) is 0 Å². The van der Waals surface area contributed by atoms with Gasteiger partial charge < -0.3 is 5.11 Å². The maximum Gasteiger partial charge on any atom is 0.374 e. The molecule has 0 saturated heterocycles. The van der Waals surface area contributed by atoms with Gasteiger partial charge in [-0.1, -0.05) is 0 Å². The van der Waals surface area contributed by atoms with Gasteiger partial charge in [0.05, 0.1) is 51.4 Å². The zero-order valence-corrected chi connectivity index (χ0v) is 18.4. The van der Waals surface area contributed by atoms with Gasteiger partial charge in [0.15, 0.2) is 0 Å². The predicted molar refractivity (Wildman–Crippen MR) is 90.2 cm³/mol. The van der Waals surface area contributed by atoms with Gasteiger partial charge >= 0.3 is 11.9 Å². The van der Waals surface area contributed by atoms with Crippen LogP contribution in [-0.4, -0.2) is 64.9 Å². The smallest absolute Gasteiger partial charge is 0.374 e. The van der Waals surface area contributed by atoms with E-state index in [1.54, 1.807) is 0 Å². The Bertz CT molecular complexity index is 792. The fourth-order valence-corrected chi connectivity index (χ4v) is 3.34. The zero-order chi connectivity index (χ0) is 30.8. The highest BCUT2D eigenvalue weighted by molar-refractivity contribution is 5.75. The molecule has 0 aliphatic rings. The summed E-state index contributed by atoms with van der Waals surface area (Å²) in [4.78, 5) is 10.1. The number of rotatable bonds is 17. The summed E-state index contributed by atoms with van der Waals surface area (Å²) in [6, 6.07) is 0. The third kappa shape index (κ3) is 14.4. The lowest BCUT2D eigenvalue weighted by Gasteiger charge is -2.31.